The monoisotopic (exact) mass is 396 g/mol. The lowest BCUT2D eigenvalue weighted by Gasteiger charge is -2.16. The lowest BCUT2D eigenvalue weighted by atomic mass is 10.2. The third kappa shape index (κ3) is 4.60. The van der Waals surface area contributed by atoms with E-state index in [0.717, 1.165) is 4.90 Å². The van der Waals surface area contributed by atoms with E-state index in [1.54, 1.807) is 43.5 Å². The maximum absolute atomic E-state index is 12.4. The topological polar surface area (TPSA) is 102 Å². The number of nitrogens with zero attached hydrogens (tertiary/aromatic N) is 1. The number of nitrogens with one attached hydrogen (secondary N) is 1. The molecule has 8 heteroatoms. The summed E-state index contributed by atoms with van der Waals surface area (Å²) in [6, 6.07) is 12.7. The van der Waals surface area contributed by atoms with Gasteiger partial charge in [-0.2, -0.15) is 0 Å². The van der Waals surface area contributed by atoms with E-state index in [1.165, 1.54) is 19.1 Å². The van der Waals surface area contributed by atoms with Gasteiger partial charge in [0.25, 0.3) is 5.91 Å². The molecule has 2 aromatic rings. The van der Waals surface area contributed by atoms with Crippen molar-refractivity contribution in [3.05, 3.63) is 54.1 Å². The normalized spacial score (nSPS) is 14.5. The molecule has 0 saturated carbocycles. The lowest BCUT2D eigenvalue weighted by molar-refractivity contribution is -0.124. The Bertz CT molecular complexity index is 938. The first-order valence-corrected chi connectivity index (χ1v) is 9.01. The number of methoxy groups -OCH3 is 1. The van der Waals surface area contributed by atoms with Crippen LogP contribution < -0.4 is 15.0 Å². The van der Waals surface area contributed by atoms with Crippen molar-refractivity contribution in [2.45, 2.75) is 25.9 Å². The molecular weight excluding hydrogens is 376 g/mol. The summed E-state index contributed by atoms with van der Waals surface area (Å²) in [6.45, 7) is 1.45. The van der Waals surface area contributed by atoms with Crippen LogP contribution in [0, 0.1) is 0 Å². The van der Waals surface area contributed by atoms with Crippen molar-refractivity contribution in [3.8, 4) is 5.75 Å². The zero-order chi connectivity index (χ0) is 21.0. The molecule has 0 radical (unpaired) electrons. The van der Waals surface area contributed by atoms with Crippen LogP contribution in [0.25, 0.3) is 0 Å². The van der Waals surface area contributed by atoms with Crippen molar-refractivity contribution in [1.82, 2.24) is 0 Å². The molecule has 1 aliphatic heterocycles. The largest absolute Gasteiger partial charge is 0.497 e. The highest BCUT2D eigenvalue weighted by Crippen LogP contribution is 2.24. The second-order valence-corrected chi connectivity index (χ2v) is 6.44. The number of hydrogen-bond acceptors (Lipinski definition) is 6. The van der Waals surface area contributed by atoms with Crippen molar-refractivity contribution < 1.29 is 28.7 Å². The molecule has 1 fully saturated rings. The smallest absolute Gasteiger partial charge is 0.338 e. The van der Waals surface area contributed by atoms with Gasteiger partial charge in [0.15, 0.2) is 6.10 Å². The minimum Gasteiger partial charge on any atom is -0.497 e. The maximum atomic E-state index is 12.4. The molecular formula is C21H20N2O6. The van der Waals surface area contributed by atoms with Crippen molar-refractivity contribution in [3.63, 3.8) is 0 Å². The van der Waals surface area contributed by atoms with E-state index in [9.17, 15) is 19.2 Å². The third-order valence-electron chi connectivity index (χ3n) is 4.40. The molecule has 3 rings (SSSR count). The fourth-order valence-electron chi connectivity index (χ4n) is 2.84. The van der Waals surface area contributed by atoms with Crippen LogP contribution in [0.4, 0.5) is 11.4 Å². The van der Waals surface area contributed by atoms with Crippen LogP contribution in [0.1, 0.15) is 30.1 Å². The van der Waals surface area contributed by atoms with Crippen LogP contribution in [0.15, 0.2) is 48.5 Å². The Labute approximate surface area is 167 Å². The summed E-state index contributed by atoms with van der Waals surface area (Å²) in [7, 11) is 1.54. The molecule has 3 amide bonds. The highest BCUT2D eigenvalue weighted by molar-refractivity contribution is 6.20. The molecule has 8 nitrogen and oxygen atoms in total. The molecule has 1 saturated heterocycles. The number of esters is 1. The number of imide groups is 1. The van der Waals surface area contributed by atoms with E-state index in [0.29, 0.717) is 17.1 Å². The van der Waals surface area contributed by atoms with Gasteiger partial charge in [0.05, 0.1) is 18.4 Å². The van der Waals surface area contributed by atoms with Crippen LogP contribution >= 0.6 is 0 Å². The number of anilines is 2. The maximum Gasteiger partial charge on any atom is 0.338 e. The van der Waals surface area contributed by atoms with E-state index in [2.05, 4.69) is 5.32 Å². The summed E-state index contributed by atoms with van der Waals surface area (Å²) in [5, 5.41) is 2.65. The van der Waals surface area contributed by atoms with E-state index in [1.807, 2.05) is 0 Å². The van der Waals surface area contributed by atoms with Gasteiger partial charge in [-0.15, -0.1) is 0 Å². The molecule has 29 heavy (non-hydrogen) atoms. The second kappa shape index (κ2) is 8.55. The number of hydrogen-bond donors (Lipinski definition) is 1. The first kappa shape index (κ1) is 20.1. The van der Waals surface area contributed by atoms with Crippen LogP contribution in [-0.2, 0) is 19.1 Å². The van der Waals surface area contributed by atoms with E-state index < -0.39 is 18.0 Å². The summed E-state index contributed by atoms with van der Waals surface area (Å²) in [4.78, 5) is 49.5. The summed E-state index contributed by atoms with van der Waals surface area (Å²) in [5.74, 6) is -1.20. The highest BCUT2D eigenvalue weighted by atomic mass is 16.5. The van der Waals surface area contributed by atoms with E-state index >= 15 is 0 Å². The third-order valence-corrected chi connectivity index (χ3v) is 4.40. The number of carbonyl (C=O) groups excluding carboxylic acids is 4. The number of rotatable bonds is 6. The van der Waals surface area contributed by atoms with Gasteiger partial charge in [-0.3, -0.25) is 19.3 Å². The molecule has 1 atom stereocenters. The average molecular weight is 396 g/mol. The van der Waals surface area contributed by atoms with Gasteiger partial charge in [-0.05, 0) is 49.4 Å². The molecule has 1 heterocycles. The van der Waals surface area contributed by atoms with E-state index in [4.69, 9.17) is 9.47 Å². The minimum absolute atomic E-state index is 0.138. The standard InChI is InChI=1S/C21H20N2O6/c1-13(20(26)22-15-6-8-17(28-2)9-7-15)29-21(27)14-4-3-5-16(12-14)23-18(24)10-11-19(23)25/h3-9,12-13H,10-11H2,1-2H3,(H,22,26)/t13-/m0/s1. The Balaban J connectivity index is 1.64. The lowest BCUT2D eigenvalue weighted by Crippen LogP contribution is -2.30. The first-order valence-electron chi connectivity index (χ1n) is 9.01. The van der Waals surface area contributed by atoms with Crippen molar-refractivity contribution >= 4 is 35.1 Å². The Hall–Kier alpha value is -3.68. The predicted octanol–water partition coefficient (Wildman–Crippen LogP) is 2.53. The molecule has 0 spiro atoms. The van der Waals surface area contributed by atoms with Gasteiger partial charge < -0.3 is 14.8 Å². The zero-order valence-electron chi connectivity index (χ0n) is 16.0. The fraction of sp³-hybridized carbons (Fsp3) is 0.238. The van der Waals surface area contributed by atoms with Gasteiger partial charge in [-0.25, -0.2) is 4.79 Å². The zero-order valence-corrected chi connectivity index (χ0v) is 16.0. The second-order valence-electron chi connectivity index (χ2n) is 6.44. The molecule has 1 N–H and O–H groups in total. The van der Waals surface area contributed by atoms with Crippen LogP contribution in [0.5, 0.6) is 5.75 Å². The summed E-state index contributed by atoms with van der Waals surface area (Å²) in [6.07, 6.45) is -0.755. The predicted molar refractivity (Wildman–Crippen MR) is 105 cm³/mol. The number of amides is 3. The number of ether oxygens (including phenoxy) is 2. The molecule has 0 unspecified atom stereocenters. The summed E-state index contributed by atoms with van der Waals surface area (Å²) < 4.78 is 10.3. The van der Waals surface area contributed by atoms with Gasteiger partial charge in [-0.1, -0.05) is 6.07 Å². The Morgan fingerprint density at radius 1 is 1.03 bits per heavy atom. The summed E-state index contributed by atoms with van der Waals surface area (Å²) in [5.41, 5.74) is 0.980. The molecule has 0 aliphatic carbocycles. The minimum atomic E-state index is -1.05. The summed E-state index contributed by atoms with van der Waals surface area (Å²) >= 11 is 0. The molecule has 0 aromatic heterocycles. The van der Waals surface area contributed by atoms with Crippen LogP contribution in [0.2, 0.25) is 0 Å². The van der Waals surface area contributed by atoms with E-state index in [-0.39, 0.29) is 30.2 Å². The highest BCUT2D eigenvalue weighted by Gasteiger charge is 2.30. The van der Waals surface area contributed by atoms with Crippen molar-refractivity contribution in [1.29, 1.82) is 0 Å². The Kier molecular flexibility index (Phi) is 5.92. The Morgan fingerprint density at radius 2 is 1.69 bits per heavy atom. The van der Waals surface area contributed by atoms with Gasteiger partial charge in [0.2, 0.25) is 11.8 Å². The number of carbonyl (C=O) groups is 4. The molecule has 150 valence electrons. The molecule has 1 aliphatic rings. The average Bonchev–Trinajstić information content (AvgIpc) is 3.06. The van der Waals surface area contributed by atoms with Crippen molar-refractivity contribution in [2.75, 3.05) is 17.3 Å². The molecule has 0 bridgehead atoms. The van der Waals surface area contributed by atoms with Crippen LogP contribution in [-0.4, -0.2) is 36.9 Å². The molecule has 2 aromatic carbocycles. The van der Waals surface area contributed by atoms with Gasteiger partial charge >= 0.3 is 5.97 Å². The van der Waals surface area contributed by atoms with Gasteiger partial charge in [0.1, 0.15) is 5.75 Å². The van der Waals surface area contributed by atoms with Gasteiger partial charge in [0, 0.05) is 18.5 Å². The van der Waals surface area contributed by atoms with Crippen molar-refractivity contribution in [2.24, 2.45) is 0 Å². The number of benzene rings is 2. The fourth-order valence-corrected chi connectivity index (χ4v) is 2.84. The first-order chi connectivity index (χ1) is 13.9. The Morgan fingerprint density at radius 3 is 2.31 bits per heavy atom. The quantitative estimate of drug-likeness (QED) is 0.595. The van der Waals surface area contributed by atoms with Crippen LogP contribution in [0.3, 0.4) is 0 Å². The SMILES string of the molecule is COc1ccc(NC(=O)[C@H](C)OC(=O)c2cccc(N3C(=O)CCC3=O)c2)cc1.